The second kappa shape index (κ2) is 5.48. The van der Waals surface area contributed by atoms with Crippen LogP contribution in [-0.2, 0) is 5.41 Å². The molecule has 98 valence electrons. The van der Waals surface area contributed by atoms with Crippen molar-refractivity contribution in [1.82, 2.24) is 0 Å². The van der Waals surface area contributed by atoms with Crippen LogP contribution in [0.2, 0.25) is 0 Å². The van der Waals surface area contributed by atoms with Gasteiger partial charge in [-0.2, -0.15) is 0 Å². The van der Waals surface area contributed by atoms with Crippen molar-refractivity contribution in [3.63, 3.8) is 0 Å². The second-order valence-electron chi connectivity index (χ2n) is 5.19. The number of benzene rings is 1. The molecule has 0 aromatic heterocycles. The lowest BCUT2D eigenvalue weighted by atomic mass is 9.67. The van der Waals surface area contributed by atoms with Crippen LogP contribution in [0.4, 0.5) is 5.69 Å². The van der Waals surface area contributed by atoms with Gasteiger partial charge >= 0.3 is 0 Å². The molecule has 0 unspecified atom stereocenters. The van der Waals surface area contributed by atoms with Crippen LogP contribution in [0.15, 0.2) is 24.3 Å². The van der Waals surface area contributed by atoms with Crippen LogP contribution in [0.1, 0.15) is 44.1 Å². The van der Waals surface area contributed by atoms with Gasteiger partial charge in [0.1, 0.15) is 0 Å². The molecule has 0 amide bonds. The predicted molar refractivity (Wildman–Crippen MR) is 71.5 cm³/mol. The highest BCUT2D eigenvalue weighted by Gasteiger charge is 2.33. The van der Waals surface area contributed by atoms with Gasteiger partial charge in [0.05, 0.1) is 4.92 Å². The highest BCUT2D eigenvalue weighted by molar-refractivity contribution is 5.38. The van der Waals surface area contributed by atoms with Crippen LogP contribution in [0.25, 0.3) is 0 Å². The summed E-state index contributed by atoms with van der Waals surface area (Å²) in [6.45, 7) is 0.642. The van der Waals surface area contributed by atoms with Gasteiger partial charge in [0.15, 0.2) is 0 Å². The monoisotopic (exact) mass is 248 g/mol. The van der Waals surface area contributed by atoms with Crippen molar-refractivity contribution in [3.05, 3.63) is 39.9 Å². The Morgan fingerprint density at radius 3 is 2.61 bits per heavy atom. The molecule has 18 heavy (non-hydrogen) atoms. The summed E-state index contributed by atoms with van der Waals surface area (Å²) in [6, 6.07) is 7.11. The van der Waals surface area contributed by atoms with Crippen molar-refractivity contribution >= 4 is 5.69 Å². The van der Waals surface area contributed by atoms with Gasteiger partial charge < -0.3 is 5.73 Å². The Labute approximate surface area is 107 Å². The Morgan fingerprint density at radius 1 is 1.28 bits per heavy atom. The SMILES string of the molecule is NCCC1(c2cccc([N+](=O)[O-])c2)CCCCC1. The average Bonchev–Trinajstić information content (AvgIpc) is 2.40. The quantitative estimate of drug-likeness (QED) is 0.657. The molecule has 2 rings (SSSR count). The largest absolute Gasteiger partial charge is 0.330 e. The molecule has 4 nitrogen and oxygen atoms in total. The van der Waals surface area contributed by atoms with E-state index in [-0.39, 0.29) is 16.0 Å². The molecule has 0 atom stereocenters. The zero-order valence-corrected chi connectivity index (χ0v) is 10.6. The zero-order valence-electron chi connectivity index (χ0n) is 10.6. The first-order valence-corrected chi connectivity index (χ1v) is 6.63. The Balaban J connectivity index is 2.35. The summed E-state index contributed by atoms with van der Waals surface area (Å²) in [7, 11) is 0. The summed E-state index contributed by atoms with van der Waals surface area (Å²) in [5.41, 5.74) is 7.10. The maximum Gasteiger partial charge on any atom is 0.269 e. The molecule has 1 aromatic carbocycles. The van der Waals surface area contributed by atoms with Gasteiger partial charge in [-0.15, -0.1) is 0 Å². The van der Waals surface area contributed by atoms with E-state index in [0.717, 1.165) is 24.8 Å². The van der Waals surface area contributed by atoms with Crippen molar-refractivity contribution in [2.75, 3.05) is 6.54 Å². The summed E-state index contributed by atoms with van der Waals surface area (Å²) >= 11 is 0. The van der Waals surface area contributed by atoms with Gasteiger partial charge in [0.25, 0.3) is 5.69 Å². The molecular formula is C14H20N2O2. The molecule has 1 saturated carbocycles. The lowest BCUT2D eigenvalue weighted by Crippen LogP contribution is -2.31. The van der Waals surface area contributed by atoms with E-state index in [4.69, 9.17) is 5.73 Å². The molecule has 0 radical (unpaired) electrons. The number of nitro benzene ring substituents is 1. The molecule has 2 N–H and O–H groups in total. The Kier molecular flexibility index (Phi) is 3.97. The maximum atomic E-state index is 10.9. The van der Waals surface area contributed by atoms with Gasteiger partial charge in [-0.3, -0.25) is 10.1 Å². The Bertz CT molecular complexity index is 420. The number of nitrogens with zero attached hydrogens (tertiary/aromatic N) is 1. The highest BCUT2D eigenvalue weighted by Crippen LogP contribution is 2.42. The minimum Gasteiger partial charge on any atom is -0.330 e. The van der Waals surface area contributed by atoms with E-state index < -0.39 is 0 Å². The standard InChI is InChI=1S/C14H20N2O2/c15-10-9-14(7-2-1-3-8-14)12-5-4-6-13(11-12)16(17)18/h4-6,11H,1-3,7-10,15H2. The minimum atomic E-state index is -0.317. The number of rotatable bonds is 4. The molecule has 1 aliphatic rings. The van der Waals surface area contributed by atoms with Crippen molar-refractivity contribution in [3.8, 4) is 0 Å². The average molecular weight is 248 g/mol. The first-order chi connectivity index (χ1) is 8.68. The van der Waals surface area contributed by atoms with Gasteiger partial charge in [0.2, 0.25) is 0 Å². The van der Waals surface area contributed by atoms with Crippen molar-refractivity contribution in [2.24, 2.45) is 5.73 Å². The van der Waals surface area contributed by atoms with E-state index in [1.165, 1.54) is 19.3 Å². The molecule has 1 aromatic rings. The molecule has 0 saturated heterocycles. The van der Waals surface area contributed by atoms with Gasteiger partial charge in [-0.25, -0.2) is 0 Å². The summed E-state index contributed by atoms with van der Waals surface area (Å²) < 4.78 is 0. The van der Waals surface area contributed by atoms with Crippen LogP contribution in [-0.4, -0.2) is 11.5 Å². The van der Waals surface area contributed by atoms with Gasteiger partial charge in [-0.05, 0) is 36.8 Å². The third-order valence-corrected chi connectivity index (χ3v) is 4.10. The number of nitrogens with two attached hydrogens (primary N) is 1. The smallest absolute Gasteiger partial charge is 0.269 e. The molecular weight excluding hydrogens is 228 g/mol. The summed E-state index contributed by atoms with van der Waals surface area (Å²) in [5, 5.41) is 10.9. The van der Waals surface area contributed by atoms with Crippen LogP contribution >= 0.6 is 0 Å². The summed E-state index contributed by atoms with van der Waals surface area (Å²) in [4.78, 5) is 10.6. The molecule has 0 bridgehead atoms. The molecule has 0 heterocycles. The molecule has 4 heteroatoms. The van der Waals surface area contributed by atoms with E-state index in [1.54, 1.807) is 18.2 Å². The zero-order chi connectivity index (χ0) is 13.0. The Hall–Kier alpha value is -1.42. The lowest BCUT2D eigenvalue weighted by Gasteiger charge is -2.37. The molecule has 1 fully saturated rings. The fourth-order valence-electron chi connectivity index (χ4n) is 3.14. The minimum absolute atomic E-state index is 0.0685. The van der Waals surface area contributed by atoms with E-state index >= 15 is 0 Å². The van der Waals surface area contributed by atoms with Crippen molar-refractivity contribution < 1.29 is 4.92 Å². The van der Waals surface area contributed by atoms with E-state index in [9.17, 15) is 10.1 Å². The van der Waals surface area contributed by atoms with E-state index in [0.29, 0.717) is 6.54 Å². The molecule has 0 aliphatic heterocycles. The van der Waals surface area contributed by atoms with Crippen LogP contribution < -0.4 is 5.73 Å². The van der Waals surface area contributed by atoms with Gasteiger partial charge in [0, 0.05) is 12.1 Å². The first-order valence-electron chi connectivity index (χ1n) is 6.63. The normalized spacial score (nSPS) is 18.5. The van der Waals surface area contributed by atoms with E-state index in [1.807, 2.05) is 6.07 Å². The van der Waals surface area contributed by atoms with Gasteiger partial charge in [-0.1, -0.05) is 31.4 Å². The number of nitro groups is 1. The fourth-order valence-corrected chi connectivity index (χ4v) is 3.14. The van der Waals surface area contributed by atoms with Crippen LogP contribution in [0.3, 0.4) is 0 Å². The van der Waals surface area contributed by atoms with Crippen molar-refractivity contribution in [1.29, 1.82) is 0 Å². The fraction of sp³-hybridized carbons (Fsp3) is 0.571. The second-order valence-corrected chi connectivity index (χ2v) is 5.19. The third kappa shape index (κ3) is 2.53. The highest BCUT2D eigenvalue weighted by atomic mass is 16.6. The summed E-state index contributed by atoms with van der Waals surface area (Å²) in [5.74, 6) is 0. The molecule has 1 aliphatic carbocycles. The number of hydrogen-bond donors (Lipinski definition) is 1. The maximum absolute atomic E-state index is 10.9. The first kappa shape index (κ1) is 13.0. The van der Waals surface area contributed by atoms with Crippen molar-refractivity contribution in [2.45, 2.75) is 43.9 Å². The number of hydrogen-bond acceptors (Lipinski definition) is 3. The Morgan fingerprint density at radius 2 is 2.00 bits per heavy atom. The van der Waals surface area contributed by atoms with Crippen LogP contribution in [0, 0.1) is 10.1 Å². The predicted octanol–water partition coefficient (Wildman–Crippen LogP) is 3.15. The van der Waals surface area contributed by atoms with E-state index in [2.05, 4.69) is 0 Å². The topological polar surface area (TPSA) is 69.2 Å². The third-order valence-electron chi connectivity index (χ3n) is 4.10. The number of non-ortho nitro benzene ring substituents is 1. The summed E-state index contributed by atoms with van der Waals surface area (Å²) in [6.07, 6.45) is 6.79. The molecule has 0 spiro atoms. The van der Waals surface area contributed by atoms with Crippen LogP contribution in [0.5, 0.6) is 0 Å². The lowest BCUT2D eigenvalue weighted by molar-refractivity contribution is -0.385.